The molecule has 0 aromatic carbocycles. The molecule has 15 heavy (non-hydrogen) atoms. The van der Waals surface area contributed by atoms with Gasteiger partial charge >= 0.3 is 5.97 Å². The lowest BCUT2D eigenvalue weighted by atomic mass is 10.3. The van der Waals surface area contributed by atoms with Gasteiger partial charge in [0.15, 0.2) is 0 Å². The molecule has 6 heteroatoms. The first-order valence-electron chi connectivity index (χ1n) is 4.65. The van der Waals surface area contributed by atoms with Crippen molar-refractivity contribution >= 4 is 24.5 Å². The first kappa shape index (κ1) is 14.2. The SMILES string of the molecule is COCCCOC(=O)[C@H](CS)NC(C)=O. The second-order valence-electron chi connectivity index (χ2n) is 2.95. The lowest BCUT2D eigenvalue weighted by molar-refractivity contribution is -0.147. The number of ether oxygens (including phenoxy) is 2. The van der Waals surface area contributed by atoms with Crippen LogP contribution in [0.25, 0.3) is 0 Å². The Kier molecular flexibility index (Phi) is 8.12. The van der Waals surface area contributed by atoms with Crippen LogP contribution in [-0.4, -0.2) is 44.0 Å². The molecule has 1 N–H and O–H groups in total. The zero-order valence-electron chi connectivity index (χ0n) is 8.99. The topological polar surface area (TPSA) is 64.6 Å². The number of amides is 1. The maximum Gasteiger partial charge on any atom is 0.329 e. The second-order valence-corrected chi connectivity index (χ2v) is 3.31. The normalized spacial score (nSPS) is 11.9. The Hall–Kier alpha value is -0.750. The van der Waals surface area contributed by atoms with Gasteiger partial charge in [0.05, 0.1) is 6.61 Å². The minimum Gasteiger partial charge on any atom is -0.464 e. The number of thiol groups is 1. The van der Waals surface area contributed by atoms with Gasteiger partial charge in [-0.3, -0.25) is 4.79 Å². The summed E-state index contributed by atoms with van der Waals surface area (Å²) in [6.07, 6.45) is 0.640. The Labute approximate surface area is 94.9 Å². The number of carbonyl (C=O) groups is 2. The highest BCUT2D eigenvalue weighted by atomic mass is 32.1. The predicted molar refractivity (Wildman–Crippen MR) is 58.9 cm³/mol. The number of carbonyl (C=O) groups excluding carboxylic acids is 2. The van der Waals surface area contributed by atoms with Gasteiger partial charge in [0, 0.05) is 32.8 Å². The molecule has 0 aliphatic rings. The van der Waals surface area contributed by atoms with E-state index < -0.39 is 12.0 Å². The molecule has 0 unspecified atom stereocenters. The van der Waals surface area contributed by atoms with Gasteiger partial charge in [0.25, 0.3) is 0 Å². The van der Waals surface area contributed by atoms with E-state index in [9.17, 15) is 9.59 Å². The van der Waals surface area contributed by atoms with Crippen LogP contribution in [0.4, 0.5) is 0 Å². The fourth-order valence-corrected chi connectivity index (χ4v) is 1.14. The first-order chi connectivity index (χ1) is 7.11. The van der Waals surface area contributed by atoms with Crippen molar-refractivity contribution in [1.82, 2.24) is 5.32 Å². The van der Waals surface area contributed by atoms with E-state index in [-0.39, 0.29) is 18.3 Å². The van der Waals surface area contributed by atoms with Crippen molar-refractivity contribution in [3.8, 4) is 0 Å². The van der Waals surface area contributed by atoms with E-state index >= 15 is 0 Å². The van der Waals surface area contributed by atoms with Gasteiger partial charge in [-0.2, -0.15) is 12.6 Å². The molecule has 0 spiro atoms. The first-order valence-corrected chi connectivity index (χ1v) is 5.28. The van der Waals surface area contributed by atoms with Crippen LogP contribution in [0.2, 0.25) is 0 Å². The third kappa shape index (κ3) is 7.21. The quantitative estimate of drug-likeness (QED) is 0.370. The summed E-state index contributed by atoms with van der Waals surface area (Å²) in [7, 11) is 1.58. The number of methoxy groups -OCH3 is 1. The van der Waals surface area contributed by atoms with Crippen molar-refractivity contribution < 1.29 is 19.1 Å². The molecule has 1 amide bonds. The molecule has 1 atom stereocenters. The molecule has 0 aromatic heterocycles. The van der Waals surface area contributed by atoms with Gasteiger partial charge in [0.2, 0.25) is 5.91 Å². The molecule has 0 heterocycles. The molecule has 0 aliphatic carbocycles. The summed E-state index contributed by atoms with van der Waals surface area (Å²) in [6.45, 7) is 2.17. The average Bonchev–Trinajstić information content (AvgIpc) is 2.20. The van der Waals surface area contributed by atoms with Gasteiger partial charge in [-0.1, -0.05) is 0 Å². The van der Waals surface area contributed by atoms with Crippen LogP contribution in [0.15, 0.2) is 0 Å². The summed E-state index contributed by atoms with van der Waals surface area (Å²) in [5.74, 6) is -0.512. The van der Waals surface area contributed by atoms with Crippen molar-refractivity contribution in [2.45, 2.75) is 19.4 Å². The summed E-state index contributed by atoms with van der Waals surface area (Å²) >= 11 is 3.95. The number of hydrogen-bond donors (Lipinski definition) is 2. The molecule has 0 radical (unpaired) electrons. The van der Waals surface area contributed by atoms with Crippen molar-refractivity contribution in [1.29, 1.82) is 0 Å². The molecule has 0 aromatic rings. The van der Waals surface area contributed by atoms with E-state index in [0.717, 1.165) is 0 Å². The van der Waals surface area contributed by atoms with E-state index in [2.05, 4.69) is 17.9 Å². The lowest BCUT2D eigenvalue weighted by Gasteiger charge is -2.14. The second kappa shape index (κ2) is 8.55. The summed E-state index contributed by atoms with van der Waals surface area (Å²) in [5.41, 5.74) is 0. The van der Waals surface area contributed by atoms with Crippen molar-refractivity contribution in [2.24, 2.45) is 0 Å². The smallest absolute Gasteiger partial charge is 0.329 e. The van der Waals surface area contributed by atoms with E-state index in [1.165, 1.54) is 6.92 Å². The van der Waals surface area contributed by atoms with Crippen LogP contribution in [0.3, 0.4) is 0 Å². The Morgan fingerprint density at radius 3 is 2.53 bits per heavy atom. The number of rotatable bonds is 7. The van der Waals surface area contributed by atoms with Crippen LogP contribution in [0.1, 0.15) is 13.3 Å². The number of hydrogen-bond acceptors (Lipinski definition) is 5. The summed E-state index contributed by atoms with van der Waals surface area (Å²) in [5, 5.41) is 2.45. The highest BCUT2D eigenvalue weighted by Gasteiger charge is 2.18. The van der Waals surface area contributed by atoms with Crippen LogP contribution in [0.5, 0.6) is 0 Å². The molecule has 0 bridgehead atoms. The molecule has 0 saturated carbocycles. The summed E-state index contributed by atoms with van der Waals surface area (Å²) in [4.78, 5) is 22.1. The Bertz CT molecular complexity index is 210. The number of esters is 1. The van der Waals surface area contributed by atoms with E-state index in [1.54, 1.807) is 7.11 Å². The fourth-order valence-electron chi connectivity index (χ4n) is 0.901. The van der Waals surface area contributed by atoms with E-state index in [0.29, 0.717) is 13.0 Å². The largest absolute Gasteiger partial charge is 0.464 e. The van der Waals surface area contributed by atoms with Crippen LogP contribution in [-0.2, 0) is 19.1 Å². The monoisotopic (exact) mass is 235 g/mol. The van der Waals surface area contributed by atoms with Crippen molar-refractivity contribution in [2.75, 3.05) is 26.1 Å². The van der Waals surface area contributed by atoms with Gasteiger partial charge in [-0.15, -0.1) is 0 Å². The molecule has 88 valence electrons. The lowest BCUT2D eigenvalue weighted by Crippen LogP contribution is -2.42. The Balaban J connectivity index is 3.78. The molecule has 0 fully saturated rings. The molecule has 0 aliphatic heterocycles. The molecular weight excluding hydrogens is 218 g/mol. The minimum absolute atomic E-state index is 0.225. The standard InChI is InChI=1S/C9H17NO4S/c1-7(11)10-8(6-15)9(12)14-5-3-4-13-2/h8,15H,3-6H2,1-2H3,(H,10,11)/t8-/m0/s1. The maximum atomic E-state index is 11.3. The van der Waals surface area contributed by atoms with Crippen LogP contribution >= 0.6 is 12.6 Å². The number of nitrogens with one attached hydrogen (secondary N) is 1. The van der Waals surface area contributed by atoms with E-state index in [4.69, 9.17) is 9.47 Å². The minimum atomic E-state index is -0.673. The predicted octanol–water partition coefficient (Wildman–Crippen LogP) is 0.000600. The van der Waals surface area contributed by atoms with Crippen molar-refractivity contribution in [3.63, 3.8) is 0 Å². The highest BCUT2D eigenvalue weighted by Crippen LogP contribution is 1.94. The molecular formula is C9H17NO4S. The Morgan fingerprint density at radius 2 is 2.07 bits per heavy atom. The zero-order valence-corrected chi connectivity index (χ0v) is 9.88. The zero-order chi connectivity index (χ0) is 11.7. The summed E-state index contributed by atoms with van der Waals surface area (Å²) < 4.78 is 9.71. The van der Waals surface area contributed by atoms with Gasteiger partial charge in [-0.05, 0) is 0 Å². The van der Waals surface area contributed by atoms with Crippen LogP contribution in [0, 0.1) is 0 Å². The molecule has 5 nitrogen and oxygen atoms in total. The maximum absolute atomic E-state index is 11.3. The highest BCUT2D eigenvalue weighted by molar-refractivity contribution is 7.80. The molecule has 0 rings (SSSR count). The average molecular weight is 235 g/mol. The van der Waals surface area contributed by atoms with E-state index in [1.807, 2.05) is 0 Å². The fraction of sp³-hybridized carbons (Fsp3) is 0.778. The Morgan fingerprint density at radius 1 is 1.40 bits per heavy atom. The van der Waals surface area contributed by atoms with Gasteiger partial charge in [-0.25, -0.2) is 4.79 Å². The van der Waals surface area contributed by atoms with Crippen LogP contribution < -0.4 is 5.32 Å². The third-order valence-electron chi connectivity index (χ3n) is 1.58. The summed E-state index contributed by atoms with van der Waals surface area (Å²) in [6, 6.07) is -0.673. The van der Waals surface area contributed by atoms with Gasteiger partial charge in [0.1, 0.15) is 6.04 Å². The van der Waals surface area contributed by atoms with Gasteiger partial charge < -0.3 is 14.8 Å². The molecule has 0 saturated heterocycles. The van der Waals surface area contributed by atoms with Crippen molar-refractivity contribution in [3.05, 3.63) is 0 Å². The third-order valence-corrected chi connectivity index (χ3v) is 1.95.